The summed E-state index contributed by atoms with van der Waals surface area (Å²) >= 11 is 5.83. The Hall–Kier alpha value is -1.68. The second-order valence-electron chi connectivity index (χ2n) is 9.06. The number of carbonyl (C=O) groups is 2. The highest BCUT2D eigenvalue weighted by atomic mass is 35.5. The van der Waals surface area contributed by atoms with Gasteiger partial charge in [-0.05, 0) is 63.8 Å². The van der Waals surface area contributed by atoms with Crippen LogP contribution in [-0.2, 0) is 29.1 Å². The van der Waals surface area contributed by atoms with Gasteiger partial charge >= 0.3 is 5.97 Å². The monoisotopic (exact) mass is 474 g/mol. The van der Waals surface area contributed by atoms with Crippen LogP contribution in [0.1, 0.15) is 47.5 Å². The molecule has 1 heterocycles. The predicted molar refractivity (Wildman–Crippen MR) is 117 cm³/mol. The van der Waals surface area contributed by atoms with Gasteiger partial charge in [-0.15, -0.1) is 0 Å². The summed E-state index contributed by atoms with van der Waals surface area (Å²) in [7, 11) is -3.94. The Morgan fingerprint density at radius 3 is 2.39 bits per heavy atom. The molecule has 2 rings (SSSR count). The van der Waals surface area contributed by atoms with Gasteiger partial charge in [0.2, 0.25) is 22.2 Å². The topological polar surface area (TPSA) is 111 Å². The zero-order valence-corrected chi connectivity index (χ0v) is 20.0. The molecule has 0 aromatic heterocycles. The molecular weight excluding hydrogens is 444 g/mol. The predicted octanol–water partition coefficient (Wildman–Crippen LogP) is 2.85. The fourth-order valence-electron chi connectivity index (χ4n) is 2.93. The maximum Gasteiger partial charge on any atom is 0.313 e. The lowest BCUT2D eigenvalue weighted by atomic mass is 9.97. The highest BCUT2D eigenvalue weighted by molar-refractivity contribution is 7.89. The first-order valence-electron chi connectivity index (χ1n) is 10.2. The first kappa shape index (κ1) is 25.6. The summed E-state index contributed by atoms with van der Waals surface area (Å²) in [5.41, 5.74) is -0.713. The van der Waals surface area contributed by atoms with Crippen molar-refractivity contribution < 1.29 is 27.5 Å². The molecule has 0 radical (unpaired) electrons. The first-order valence-corrected chi connectivity index (χ1v) is 12.1. The van der Waals surface area contributed by atoms with Crippen molar-refractivity contribution in [1.29, 1.82) is 0 Å². The van der Waals surface area contributed by atoms with E-state index in [-0.39, 0.29) is 10.8 Å². The minimum atomic E-state index is -3.94. The van der Waals surface area contributed by atoms with Gasteiger partial charge in [0.1, 0.15) is 6.04 Å². The van der Waals surface area contributed by atoms with Crippen LogP contribution in [0.2, 0.25) is 5.02 Å². The number of amides is 1. The lowest BCUT2D eigenvalue weighted by molar-refractivity contribution is -0.182. The quantitative estimate of drug-likeness (QED) is 0.560. The molecule has 0 spiro atoms. The van der Waals surface area contributed by atoms with Crippen LogP contribution in [-0.4, -0.2) is 45.3 Å². The molecule has 1 aliphatic heterocycles. The molecule has 2 N–H and O–H groups in total. The summed E-state index contributed by atoms with van der Waals surface area (Å²) in [6, 6.07) is 4.13. The Morgan fingerprint density at radius 1 is 1.23 bits per heavy atom. The van der Waals surface area contributed by atoms with Gasteiger partial charge in [-0.2, -0.15) is 4.72 Å². The van der Waals surface area contributed by atoms with Gasteiger partial charge < -0.3 is 14.8 Å². The third kappa shape index (κ3) is 7.45. The summed E-state index contributed by atoms with van der Waals surface area (Å²) in [6.45, 7) is 9.28. The molecular formula is C21H31ClN2O6S. The Bertz CT molecular complexity index is 880. The maximum absolute atomic E-state index is 13.0. The molecule has 1 amide bonds. The SMILES string of the molecule is CC(C)C[C@H](NS(=O)(=O)c1ccc(Cl)cc1)C(=O)N[C@H]1CCO[C@H]1OC(=O)C(C)(C)C. The summed E-state index contributed by atoms with van der Waals surface area (Å²) in [5, 5.41) is 3.19. The molecule has 10 heteroatoms. The van der Waals surface area contributed by atoms with Crippen LogP contribution in [0.4, 0.5) is 0 Å². The highest BCUT2D eigenvalue weighted by Gasteiger charge is 2.37. The Labute approximate surface area is 189 Å². The van der Waals surface area contributed by atoms with E-state index in [1.165, 1.54) is 24.3 Å². The standard InChI is InChI=1S/C21H31ClN2O6S/c1-13(2)12-17(24-31(27,28)15-8-6-14(22)7-9-15)18(25)23-16-10-11-29-19(16)30-20(26)21(3,4)5/h6-9,13,16-17,19,24H,10-12H2,1-5H3,(H,23,25)/t16-,17-,19-/m0/s1. The molecule has 0 bridgehead atoms. The number of benzene rings is 1. The number of ether oxygens (including phenoxy) is 2. The van der Waals surface area contributed by atoms with E-state index < -0.39 is 45.7 Å². The Kier molecular flexibility index (Phi) is 8.49. The van der Waals surface area contributed by atoms with Gasteiger partial charge in [0.25, 0.3) is 0 Å². The maximum atomic E-state index is 13.0. The zero-order valence-electron chi connectivity index (χ0n) is 18.5. The Balaban J connectivity index is 2.12. The normalized spacial score (nSPS) is 20.5. The minimum absolute atomic E-state index is 0.0136. The second kappa shape index (κ2) is 10.3. The lowest BCUT2D eigenvalue weighted by Gasteiger charge is -2.26. The molecule has 1 aromatic rings. The number of esters is 1. The van der Waals surface area contributed by atoms with Crippen molar-refractivity contribution in [3.05, 3.63) is 29.3 Å². The van der Waals surface area contributed by atoms with E-state index in [4.69, 9.17) is 21.1 Å². The molecule has 8 nitrogen and oxygen atoms in total. The van der Waals surface area contributed by atoms with Crippen LogP contribution in [0, 0.1) is 11.3 Å². The number of nitrogens with one attached hydrogen (secondary N) is 2. The van der Waals surface area contributed by atoms with Gasteiger partial charge in [0.05, 0.1) is 23.0 Å². The molecule has 1 fully saturated rings. The smallest absolute Gasteiger partial charge is 0.313 e. The number of hydrogen-bond acceptors (Lipinski definition) is 6. The molecule has 1 aromatic carbocycles. The van der Waals surface area contributed by atoms with Crippen LogP contribution in [0.25, 0.3) is 0 Å². The molecule has 31 heavy (non-hydrogen) atoms. The van der Waals surface area contributed by atoms with Crippen molar-refractivity contribution in [3.63, 3.8) is 0 Å². The van der Waals surface area contributed by atoms with E-state index in [1.54, 1.807) is 20.8 Å². The largest absolute Gasteiger partial charge is 0.433 e. The van der Waals surface area contributed by atoms with Gasteiger partial charge in [-0.25, -0.2) is 8.42 Å². The van der Waals surface area contributed by atoms with Crippen molar-refractivity contribution >= 4 is 33.5 Å². The Morgan fingerprint density at radius 2 is 1.84 bits per heavy atom. The molecule has 1 aliphatic rings. The number of sulfonamides is 1. The van der Waals surface area contributed by atoms with E-state index in [1.807, 2.05) is 13.8 Å². The molecule has 1 saturated heterocycles. The number of carbonyl (C=O) groups excluding carboxylic acids is 2. The van der Waals surface area contributed by atoms with Crippen LogP contribution < -0.4 is 10.0 Å². The molecule has 0 aliphatic carbocycles. The van der Waals surface area contributed by atoms with Gasteiger partial charge in [0.15, 0.2) is 0 Å². The van der Waals surface area contributed by atoms with E-state index in [0.717, 1.165) is 0 Å². The third-order valence-electron chi connectivity index (χ3n) is 4.65. The summed E-state index contributed by atoms with van der Waals surface area (Å²) in [5.74, 6) is -0.891. The van der Waals surface area contributed by atoms with Crippen LogP contribution >= 0.6 is 11.6 Å². The van der Waals surface area contributed by atoms with Gasteiger partial charge in [-0.3, -0.25) is 9.59 Å². The number of rotatable bonds is 8. The van der Waals surface area contributed by atoms with Crippen LogP contribution in [0.5, 0.6) is 0 Å². The van der Waals surface area contributed by atoms with Crippen molar-refractivity contribution in [2.75, 3.05) is 6.61 Å². The molecule has 0 unspecified atom stereocenters. The average Bonchev–Trinajstić information content (AvgIpc) is 3.06. The highest BCUT2D eigenvalue weighted by Crippen LogP contribution is 2.22. The average molecular weight is 475 g/mol. The first-order chi connectivity index (χ1) is 14.3. The second-order valence-corrected chi connectivity index (χ2v) is 11.2. The van der Waals surface area contributed by atoms with E-state index >= 15 is 0 Å². The lowest BCUT2D eigenvalue weighted by Crippen LogP contribution is -2.52. The fraction of sp³-hybridized carbons (Fsp3) is 0.619. The van der Waals surface area contributed by atoms with Crippen molar-refractivity contribution in [2.24, 2.45) is 11.3 Å². The third-order valence-corrected chi connectivity index (χ3v) is 6.39. The van der Waals surface area contributed by atoms with Crippen molar-refractivity contribution in [3.8, 4) is 0 Å². The molecule has 0 saturated carbocycles. The van der Waals surface area contributed by atoms with Crippen molar-refractivity contribution in [1.82, 2.24) is 10.0 Å². The van der Waals surface area contributed by atoms with Crippen LogP contribution in [0.15, 0.2) is 29.2 Å². The van der Waals surface area contributed by atoms with Gasteiger partial charge in [0, 0.05) is 5.02 Å². The van der Waals surface area contributed by atoms with E-state index in [2.05, 4.69) is 10.0 Å². The van der Waals surface area contributed by atoms with Gasteiger partial charge in [-0.1, -0.05) is 25.4 Å². The number of hydrogen-bond donors (Lipinski definition) is 2. The van der Waals surface area contributed by atoms with E-state index in [0.29, 0.717) is 24.5 Å². The van der Waals surface area contributed by atoms with E-state index in [9.17, 15) is 18.0 Å². The van der Waals surface area contributed by atoms with Crippen molar-refractivity contribution in [2.45, 2.75) is 70.7 Å². The minimum Gasteiger partial charge on any atom is -0.433 e. The molecule has 3 atom stereocenters. The number of halogens is 1. The molecule has 174 valence electrons. The zero-order chi connectivity index (χ0) is 23.4. The van der Waals surface area contributed by atoms with Crippen LogP contribution in [0.3, 0.4) is 0 Å². The summed E-state index contributed by atoms with van der Waals surface area (Å²) in [6.07, 6.45) is -0.173. The fourth-order valence-corrected chi connectivity index (χ4v) is 4.27. The summed E-state index contributed by atoms with van der Waals surface area (Å²) in [4.78, 5) is 25.2. The summed E-state index contributed by atoms with van der Waals surface area (Å²) < 4.78 is 38.9.